The van der Waals surface area contributed by atoms with Gasteiger partial charge in [0.25, 0.3) is 0 Å². The first-order valence-corrected chi connectivity index (χ1v) is 7.00. The van der Waals surface area contributed by atoms with Crippen molar-refractivity contribution in [1.82, 2.24) is 15.0 Å². The molecule has 0 unspecified atom stereocenters. The highest BCUT2D eigenvalue weighted by Gasteiger charge is 2.33. The first-order chi connectivity index (χ1) is 11.4. The van der Waals surface area contributed by atoms with E-state index in [2.05, 4.69) is 20.3 Å². The summed E-state index contributed by atoms with van der Waals surface area (Å²) in [6, 6.07) is 9.76. The van der Waals surface area contributed by atoms with Crippen LogP contribution in [0.5, 0.6) is 5.75 Å². The maximum Gasteiger partial charge on any atom is 0.433 e. The van der Waals surface area contributed by atoms with Crippen LogP contribution in [0.1, 0.15) is 11.4 Å². The molecule has 0 radical (unpaired) electrons. The Labute approximate surface area is 135 Å². The fourth-order valence-electron chi connectivity index (χ4n) is 2.24. The minimum absolute atomic E-state index is 0.163. The molecule has 1 N–H and O–H groups in total. The highest BCUT2D eigenvalue weighted by molar-refractivity contribution is 5.86. The Morgan fingerprint density at radius 3 is 2.54 bits per heavy atom. The van der Waals surface area contributed by atoms with Gasteiger partial charge >= 0.3 is 6.18 Å². The first kappa shape index (κ1) is 16.0. The van der Waals surface area contributed by atoms with Crippen molar-refractivity contribution in [3.63, 3.8) is 0 Å². The van der Waals surface area contributed by atoms with Crippen LogP contribution < -0.4 is 10.1 Å². The van der Waals surface area contributed by atoms with Crippen molar-refractivity contribution < 1.29 is 17.9 Å². The van der Waals surface area contributed by atoms with Crippen LogP contribution in [0, 0.1) is 6.92 Å². The third kappa shape index (κ3) is 3.22. The summed E-state index contributed by atoms with van der Waals surface area (Å²) in [5, 5.41) is 3.56. The zero-order chi connectivity index (χ0) is 17.3. The Morgan fingerprint density at radius 2 is 1.83 bits per heavy atom. The van der Waals surface area contributed by atoms with Gasteiger partial charge in [-0.3, -0.25) is 0 Å². The number of halogens is 3. The van der Waals surface area contributed by atoms with Gasteiger partial charge in [0.2, 0.25) is 5.95 Å². The number of methoxy groups -OCH3 is 1. The molecule has 0 aliphatic heterocycles. The van der Waals surface area contributed by atoms with Gasteiger partial charge in [-0.25, -0.2) is 15.0 Å². The standard InChI is InChI=1S/C16H13F3N4O/c1-9-8-12(16(17,18)19)21-15(20-9)23-13-7-6-10-4-3-5-11(24-2)14(10)22-13/h3-8H,1-2H3,(H,20,21,22,23). The van der Waals surface area contributed by atoms with Gasteiger partial charge in [-0.1, -0.05) is 12.1 Å². The summed E-state index contributed by atoms with van der Waals surface area (Å²) in [5.41, 5.74) is -0.206. The molecule has 0 saturated heterocycles. The molecule has 8 heteroatoms. The number of para-hydroxylation sites is 1. The van der Waals surface area contributed by atoms with E-state index in [1.807, 2.05) is 12.1 Å². The van der Waals surface area contributed by atoms with Crippen molar-refractivity contribution in [3.8, 4) is 5.75 Å². The number of nitrogens with one attached hydrogen (secondary N) is 1. The van der Waals surface area contributed by atoms with Crippen LogP contribution in [-0.4, -0.2) is 22.1 Å². The molecule has 24 heavy (non-hydrogen) atoms. The molecule has 0 aliphatic rings. The Balaban J connectivity index is 1.99. The smallest absolute Gasteiger partial charge is 0.433 e. The van der Waals surface area contributed by atoms with Gasteiger partial charge in [0.05, 0.1) is 7.11 Å². The highest BCUT2D eigenvalue weighted by Crippen LogP contribution is 2.29. The minimum atomic E-state index is -4.54. The average Bonchev–Trinajstić information content (AvgIpc) is 2.53. The second-order valence-electron chi connectivity index (χ2n) is 5.07. The molecule has 2 aromatic heterocycles. The van der Waals surface area contributed by atoms with Gasteiger partial charge < -0.3 is 10.1 Å². The van der Waals surface area contributed by atoms with Crippen LogP contribution in [-0.2, 0) is 6.18 Å². The number of hydrogen-bond donors (Lipinski definition) is 1. The molecule has 0 fully saturated rings. The number of hydrogen-bond acceptors (Lipinski definition) is 5. The summed E-state index contributed by atoms with van der Waals surface area (Å²) < 4.78 is 43.8. The summed E-state index contributed by atoms with van der Waals surface area (Å²) in [7, 11) is 1.52. The topological polar surface area (TPSA) is 59.9 Å². The van der Waals surface area contributed by atoms with Gasteiger partial charge in [0.15, 0.2) is 0 Å². The van der Waals surface area contributed by atoms with E-state index in [1.54, 1.807) is 18.2 Å². The van der Waals surface area contributed by atoms with Gasteiger partial charge in [-0.05, 0) is 31.2 Å². The molecule has 3 aromatic rings. The Kier molecular flexibility index (Phi) is 3.96. The lowest BCUT2D eigenvalue weighted by atomic mass is 10.2. The Morgan fingerprint density at radius 1 is 1.04 bits per heavy atom. The lowest BCUT2D eigenvalue weighted by Crippen LogP contribution is -2.11. The van der Waals surface area contributed by atoms with Crippen LogP contribution >= 0.6 is 0 Å². The Bertz CT molecular complexity index is 896. The lowest BCUT2D eigenvalue weighted by molar-refractivity contribution is -0.141. The van der Waals surface area contributed by atoms with Crippen molar-refractivity contribution in [2.45, 2.75) is 13.1 Å². The largest absolute Gasteiger partial charge is 0.494 e. The third-order valence-electron chi connectivity index (χ3n) is 3.29. The van der Waals surface area contributed by atoms with Gasteiger partial charge in [0.1, 0.15) is 22.8 Å². The number of pyridine rings is 1. The van der Waals surface area contributed by atoms with Crippen molar-refractivity contribution in [1.29, 1.82) is 0 Å². The third-order valence-corrected chi connectivity index (χ3v) is 3.29. The van der Waals surface area contributed by atoms with E-state index in [0.29, 0.717) is 17.1 Å². The number of alkyl halides is 3. The number of rotatable bonds is 3. The van der Waals surface area contributed by atoms with Crippen LogP contribution in [0.3, 0.4) is 0 Å². The van der Waals surface area contributed by atoms with Crippen LogP contribution in [0.25, 0.3) is 10.9 Å². The summed E-state index contributed by atoms with van der Waals surface area (Å²) in [6.45, 7) is 1.47. The van der Waals surface area contributed by atoms with Gasteiger partial charge in [0, 0.05) is 11.1 Å². The number of aryl methyl sites for hydroxylation is 1. The number of ether oxygens (including phenoxy) is 1. The molecule has 0 spiro atoms. The van der Waals surface area contributed by atoms with E-state index in [9.17, 15) is 13.2 Å². The molecular formula is C16H13F3N4O. The molecule has 0 saturated carbocycles. The van der Waals surface area contributed by atoms with Crippen molar-refractivity contribution in [2.75, 3.05) is 12.4 Å². The summed E-state index contributed by atoms with van der Waals surface area (Å²) in [4.78, 5) is 11.8. The number of benzene rings is 1. The zero-order valence-corrected chi connectivity index (χ0v) is 12.8. The SMILES string of the molecule is COc1cccc2ccc(Nc3nc(C)cc(C(F)(F)F)n3)nc12. The van der Waals surface area contributed by atoms with E-state index in [4.69, 9.17) is 4.74 Å². The number of nitrogens with zero attached hydrogens (tertiary/aromatic N) is 3. The second-order valence-corrected chi connectivity index (χ2v) is 5.07. The van der Waals surface area contributed by atoms with Crippen LogP contribution in [0.15, 0.2) is 36.4 Å². The van der Waals surface area contributed by atoms with E-state index in [1.165, 1.54) is 14.0 Å². The monoisotopic (exact) mass is 334 g/mol. The minimum Gasteiger partial charge on any atom is -0.494 e. The lowest BCUT2D eigenvalue weighted by Gasteiger charge is -2.11. The molecule has 0 amide bonds. The maximum absolute atomic E-state index is 12.8. The average molecular weight is 334 g/mol. The van der Waals surface area contributed by atoms with Crippen LogP contribution in [0.4, 0.5) is 24.9 Å². The van der Waals surface area contributed by atoms with E-state index >= 15 is 0 Å². The zero-order valence-electron chi connectivity index (χ0n) is 12.8. The van der Waals surface area contributed by atoms with E-state index in [0.717, 1.165) is 11.5 Å². The molecule has 5 nitrogen and oxygen atoms in total. The molecule has 0 atom stereocenters. The normalized spacial score (nSPS) is 11.5. The number of fused-ring (bicyclic) bond motifs is 1. The second kappa shape index (κ2) is 5.95. The predicted molar refractivity (Wildman–Crippen MR) is 83.3 cm³/mol. The molecule has 0 aliphatic carbocycles. The van der Waals surface area contributed by atoms with Crippen molar-refractivity contribution in [2.24, 2.45) is 0 Å². The molecule has 3 rings (SSSR count). The van der Waals surface area contributed by atoms with Crippen LogP contribution in [0.2, 0.25) is 0 Å². The highest BCUT2D eigenvalue weighted by atomic mass is 19.4. The summed E-state index contributed by atoms with van der Waals surface area (Å²) in [5.74, 6) is 0.729. The maximum atomic E-state index is 12.8. The van der Waals surface area contributed by atoms with Crippen molar-refractivity contribution in [3.05, 3.63) is 47.8 Å². The Hall–Kier alpha value is -2.90. The fourth-order valence-corrected chi connectivity index (χ4v) is 2.24. The molecule has 124 valence electrons. The number of aromatic nitrogens is 3. The van der Waals surface area contributed by atoms with E-state index in [-0.39, 0.29) is 11.6 Å². The molecular weight excluding hydrogens is 321 g/mol. The molecule has 0 bridgehead atoms. The predicted octanol–water partition coefficient (Wildman–Crippen LogP) is 4.10. The summed E-state index contributed by atoms with van der Waals surface area (Å²) >= 11 is 0. The summed E-state index contributed by atoms with van der Waals surface area (Å²) in [6.07, 6.45) is -4.54. The first-order valence-electron chi connectivity index (χ1n) is 7.00. The van der Waals surface area contributed by atoms with E-state index < -0.39 is 11.9 Å². The number of anilines is 2. The molecule has 2 heterocycles. The fraction of sp³-hybridized carbons (Fsp3) is 0.188. The van der Waals surface area contributed by atoms with Gasteiger partial charge in [-0.2, -0.15) is 13.2 Å². The molecule has 1 aromatic carbocycles. The van der Waals surface area contributed by atoms with Gasteiger partial charge in [-0.15, -0.1) is 0 Å². The quantitative estimate of drug-likeness (QED) is 0.781. The van der Waals surface area contributed by atoms with Crippen molar-refractivity contribution >= 4 is 22.7 Å².